The van der Waals surface area contributed by atoms with Crippen molar-refractivity contribution < 1.29 is 22.6 Å². The molecule has 0 aromatic carbocycles. The Kier molecular flexibility index (Phi) is 12.0. The first kappa shape index (κ1) is 25.5. The molecule has 3 N–H and O–H groups in total. The first-order chi connectivity index (χ1) is 11.2. The molecule has 0 saturated carbocycles. The van der Waals surface area contributed by atoms with E-state index in [1.807, 2.05) is 14.1 Å². The molecule has 0 aromatic rings. The van der Waals surface area contributed by atoms with Gasteiger partial charge in [-0.3, -0.25) is 14.1 Å². The highest BCUT2D eigenvalue weighted by Gasteiger charge is 2.25. The Morgan fingerprint density at radius 3 is 2.16 bits per heavy atom. The van der Waals surface area contributed by atoms with Crippen molar-refractivity contribution in [1.29, 1.82) is 0 Å². The molecule has 146 valence electrons. The van der Waals surface area contributed by atoms with Gasteiger partial charge in [0.15, 0.2) is 0 Å². The molecule has 0 atom stereocenters. The van der Waals surface area contributed by atoms with E-state index < -0.39 is 27.3 Å². The lowest BCUT2D eigenvalue weighted by atomic mass is 10.1. The predicted molar refractivity (Wildman–Crippen MR) is 99.8 cm³/mol. The van der Waals surface area contributed by atoms with E-state index in [1.54, 1.807) is 6.92 Å². The Morgan fingerprint density at radius 2 is 1.80 bits per heavy atom. The molecular formula is C16H31N3O5S. The van der Waals surface area contributed by atoms with Gasteiger partial charge in [-0.25, -0.2) is 0 Å². The third kappa shape index (κ3) is 18.5. The van der Waals surface area contributed by atoms with Gasteiger partial charge in [-0.05, 0) is 53.9 Å². The third-order valence-electron chi connectivity index (χ3n) is 2.65. The van der Waals surface area contributed by atoms with Crippen molar-refractivity contribution >= 4 is 21.9 Å². The van der Waals surface area contributed by atoms with Gasteiger partial charge in [0.2, 0.25) is 11.8 Å². The lowest BCUT2D eigenvalue weighted by Crippen LogP contribution is -2.47. The number of carbonyl (C=O) groups excluding carboxylic acids is 2. The van der Waals surface area contributed by atoms with Crippen LogP contribution < -0.4 is 10.6 Å². The number of hydrogen-bond acceptors (Lipinski definition) is 5. The van der Waals surface area contributed by atoms with Crippen LogP contribution in [0, 0.1) is 0 Å². The maximum atomic E-state index is 11.0. The van der Waals surface area contributed by atoms with Crippen molar-refractivity contribution in [1.82, 2.24) is 15.5 Å². The maximum absolute atomic E-state index is 11.0. The lowest BCUT2D eigenvalue weighted by molar-refractivity contribution is -0.118. The number of rotatable bonds is 9. The number of carbonyl (C=O) groups is 2. The van der Waals surface area contributed by atoms with Crippen molar-refractivity contribution in [2.75, 3.05) is 32.9 Å². The zero-order chi connectivity index (χ0) is 20.3. The maximum Gasteiger partial charge on any atom is 0.267 e. The minimum Gasteiger partial charge on any atom is -0.352 e. The molecule has 0 spiro atoms. The summed E-state index contributed by atoms with van der Waals surface area (Å²) in [5, 5.41) is 5.14. The summed E-state index contributed by atoms with van der Waals surface area (Å²) in [6.45, 7) is 13.2. The van der Waals surface area contributed by atoms with Gasteiger partial charge >= 0.3 is 0 Å². The number of nitrogens with one attached hydrogen (secondary N) is 2. The molecule has 25 heavy (non-hydrogen) atoms. The molecule has 0 saturated heterocycles. The molecule has 0 bridgehead atoms. The van der Waals surface area contributed by atoms with Gasteiger partial charge < -0.3 is 15.5 Å². The summed E-state index contributed by atoms with van der Waals surface area (Å²) in [6, 6.07) is 0. The van der Waals surface area contributed by atoms with Crippen molar-refractivity contribution in [3.8, 4) is 0 Å². The zero-order valence-corrected chi connectivity index (χ0v) is 16.6. The smallest absolute Gasteiger partial charge is 0.267 e. The molecule has 2 amide bonds. The standard InChI is InChI=1S/C9H18N2O.C7H13NO4S/c1-8(2)9(12)10-6-5-7-11(3)4;1-4-6(9)8-7(2,3)5-13(10,11)12/h1,5-7H2,2-4H3,(H,10,12);4H,1,5H2,2-3H3,(H,8,9)(H,10,11,12). The summed E-state index contributed by atoms with van der Waals surface area (Å²) in [6.07, 6.45) is 2.01. The Hall–Kier alpha value is -1.71. The summed E-state index contributed by atoms with van der Waals surface area (Å²) in [4.78, 5) is 23.9. The molecule has 8 nitrogen and oxygen atoms in total. The largest absolute Gasteiger partial charge is 0.352 e. The average Bonchev–Trinajstić information content (AvgIpc) is 2.40. The minimum absolute atomic E-state index is 0.0474. The molecular weight excluding hydrogens is 346 g/mol. The molecule has 0 rings (SSSR count). The molecule has 0 heterocycles. The summed E-state index contributed by atoms with van der Waals surface area (Å²) < 4.78 is 29.5. The van der Waals surface area contributed by atoms with E-state index in [2.05, 4.69) is 28.7 Å². The van der Waals surface area contributed by atoms with Gasteiger partial charge in [-0.1, -0.05) is 13.2 Å². The molecule has 0 aliphatic rings. The summed E-state index contributed by atoms with van der Waals surface area (Å²) in [5.74, 6) is -1.05. The van der Waals surface area contributed by atoms with Crippen LogP contribution in [0.2, 0.25) is 0 Å². The van der Waals surface area contributed by atoms with Crippen molar-refractivity contribution in [3.05, 3.63) is 24.8 Å². The van der Waals surface area contributed by atoms with Crippen molar-refractivity contribution in [3.63, 3.8) is 0 Å². The van der Waals surface area contributed by atoms with E-state index in [0.29, 0.717) is 5.57 Å². The predicted octanol–water partition coefficient (Wildman–Crippen LogP) is 0.585. The molecule has 0 unspecified atom stereocenters. The van der Waals surface area contributed by atoms with Crippen LogP contribution in [0.25, 0.3) is 0 Å². The highest BCUT2D eigenvalue weighted by atomic mass is 32.2. The zero-order valence-electron chi connectivity index (χ0n) is 15.8. The fraction of sp³-hybridized carbons (Fsp3) is 0.625. The Labute approximate surface area is 151 Å². The van der Waals surface area contributed by atoms with Crippen LogP contribution in [0.3, 0.4) is 0 Å². The second-order valence-electron chi connectivity index (χ2n) is 6.50. The van der Waals surface area contributed by atoms with Gasteiger partial charge in [0.05, 0.1) is 11.3 Å². The lowest BCUT2D eigenvalue weighted by Gasteiger charge is -2.23. The fourth-order valence-corrected chi connectivity index (χ4v) is 2.61. The van der Waals surface area contributed by atoms with Gasteiger partial charge in [0.1, 0.15) is 0 Å². The number of amides is 2. The summed E-state index contributed by atoms with van der Waals surface area (Å²) >= 11 is 0. The molecule has 0 radical (unpaired) electrons. The van der Waals surface area contributed by atoms with Crippen LogP contribution in [0.5, 0.6) is 0 Å². The molecule has 0 aliphatic heterocycles. The SMILES string of the molecule is C=C(C)C(=O)NCCCN(C)C.C=CC(=O)NC(C)(C)CS(=O)(=O)O. The first-order valence-electron chi connectivity index (χ1n) is 7.68. The van der Waals surface area contributed by atoms with E-state index in [1.165, 1.54) is 13.8 Å². The van der Waals surface area contributed by atoms with Crippen LogP contribution in [-0.2, 0) is 19.7 Å². The molecule has 0 aliphatic carbocycles. The topological polar surface area (TPSA) is 116 Å². The number of nitrogens with zero attached hydrogens (tertiary/aromatic N) is 1. The highest BCUT2D eigenvalue weighted by molar-refractivity contribution is 7.85. The third-order valence-corrected chi connectivity index (χ3v) is 3.73. The Bertz CT molecular complexity index is 568. The van der Waals surface area contributed by atoms with Gasteiger partial charge in [-0.15, -0.1) is 0 Å². The summed E-state index contributed by atoms with van der Waals surface area (Å²) in [5.41, 5.74) is -0.432. The van der Waals surface area contributed by atoms with E-state index in [9.17, 15) is 18.0 Å². The molecule has 0 aromatic heterocycles. The molecule has 9 heteroatoms. The van der Waals surface area contributed by atoms with Crippen LogP contribution in [-0.4, -0.2) is 68.2 Å². The highest BCUT2D eigenvalue weighted by Crippen LogP contribution is 2.05. The van der Waals surface area contributed by atoms with Crippen LogP contribution in [0.15, 0.2) is 24.8 Å². The van der Waals surface area contributed by atoms with E-state index >= 15 is 0 Å². The van der Waals surface area contributed by atoms with E-state index in [-0.39, 0.29) is 5.91 Å². The summed E-state index contributed by atoms with van der Waals surface area (Å²) in [7, 11) is -0.0558. The Morgan fingerprint density at radius 1 is 1.28 bits per heavy atom. The van der Waals surface area contributed by atoms with Crippen LogP contribution in [0.1, 0.15) is 27.2 Å². The quantitative estimate of drug-likeness (QED) is 0.308. The van der Waals surface area contributed by atoms with Crippen molar-refractivity contribution in [2.45, 2.75) is 32.7 Å². The Balaban J connectivity index is 0. The van der Waals surface area contributed by atoms with Crippen molar-refractivity contribution in [2.24, 2.45) is 0 Å². The van der Waals surface area contributed by atoms with Gasteiger partial charge in [0, 0.05) is 12.1 Å². The average molecular weight is 378 g/mol. The minimum atomic E-state index is -4.08. The molecule has 0 fully saturated rings. The van der Waals surface area contributed by atoms with Gasteiger partial charge in [0.25, 0.3) is 10.1 Å². The van der Waals surface area contributed by atoms with Crippen LogP contribution >= 0.6 is 0 Å². The van der Waals surface area contributed by atoms with Crippen LogP contribution in [0.4, 0.5) is 0 Å². The van der Waals surface area contributed by atoms with Gasteiger partial charge in [-0.2, -0.15) is 8.42 Å². The second-order valence-corrected chi connectivity index (χ2v) is 7.95. The normalized spacial score (nSPS) is 11.2. The van der Waals surface area contributed by atoms with E-state index in [4.69, 9.17) is 4.55 Å². The first-order valence-corrected chi connectivity index (χ1v) is 9.29. The monoisotopic (exact) mass is 377 g/mol. The second kappa shape index (κ2) is 11.8. The van der Waals surface area contributed by atoms with E-state index in [0.717, 1.165) is 25.6 Å². The fourth-order valence-electron chi connectivity index (χ4n) is 1.62. The number of hydrogen-bond donors (Lipinski definition) is 3.